The first kappa shape index (κ1) is 28.2. The van der Waals surface area contributed by atoms with Gasteiger partial charge in [0, 0.05) is 13.0 Å². The molecule has 1 aliphatic rings. The van der Waals surface area contributed by atoms with Crippen LogP contribution in [-0.4, -0.2) is 43.1 Å². The fourth-order valence-electron chi connectivity index (χ4n) is 4.85. The standard InChI is InChI=1S/C31H33Cl2NO4/c1-3-22-16-23(4-2)18-24(17-22)19-29(35)34-13-15-38-31(21-34,26-10-11-27(32)28(33)20-26)12-14-37-30(36)25-8-6-5-7-9-25/h5-11,16-18,20H,3-4,12-15,19,21H2,1-2H3. The number of carbonyl (C=O) groups is 2. The van der Waals surface area contributed by atoms with E-state index in [1.54, 1.807) is 36.4 Å². The molecule has 5 nitrogen and oxygen atoms in total. The first-order valence-corrected chi connectivity index (χ1v) is 13.8. The van der Waals surface area contributed by atoms with Gasteiger partial charge in [-0.1, -0.05) is 79.5 Å². The van der Waals surface area contributed by atoms with E-state index < -0.39 is 11.6 Å². The zero-order valence-electron chi connectivity index (χ0n) is 21.8. The van der Waals surface area contributed by atoms with Crippen LogP contribution in [0, 0.1) is 0 Å². The van der Waals surface area contributed by atoms with E-state index in [9.17, 15) is 9.59 Å². The number of ether oxygens (including phenoxy) is 2. The van der Waals surface area contributed by atoms with Crippen LogP contribution >= 0.6 is 23.2 Å². The molecule has 1 heterocycles. The minimum absolute atomic E-state index is 0.0364. The normalized spacial score (nSPS) is 17.3. The quantitative estimate of drug-likeness (QED) is 0.278. The minimum Gasteiger partial charge on any atom is -0.462 e. The zero-order valence-corrected chi connectivity index (χ0v) is 23.4. The summed E-state index contributed by atoms with van der Waals surface area (Å²) in [6, 6.07) is 20.7. The number of carbonyl (C=O) groups excluding carboxylic acids is 2. The summed E-state index contributed by atoms with van der Waals surface area (Å²) < 4.78 is 11.9. The number of morpholine rings is 1. The molecule has 0 aromatic heterocycles. The van der Waals surface area contributed by atoms with E-state index in [1.165, 1.54) is 11.1 Å². The van der Waals surface area contributed by atoms with Crippen molar-refractivity contribution in [2.45, 2.75) is 45.1 Å². The number of amides is 1. The summed E-state index contributed by atoms with van der Waals surface area (Å²) in [7, 11) is 0. The number of halogens is 2. The molecule has 1 aliphatic heterocycles. The predicted molar refractivity (Wildman–Crippen MR) is 151 cm³/mol. The van der Waals surface area contributed by atoms with Gasteiger partial charge < -0.3 is 14.4 Å². The molecule has 4 rings (SSSR count). The third kappa shape index (κ3) is 6.76. The molecule has 0 N–H and O–H groups in total. The molecule has 7 heteroatoms. The smallest absolute Gasteiger partial charge is 0.338 e. The van der Waals surface area contributed by atoms with E-state index in [2.05, 4.69) is 32.0 Å². The van der Waals surface area contributed by atoms with Gasteiger partial charge in [-0.05, 0) is 59.4 Å². The van der Waals surface area contributed by atoms with Crippen molar-refractivity contribution in [3.8, 4) is 0 Å². The second-order valence-electron chi connectivity index (χ2n) is 9.58. The van der Waals surface area contributed by atoms with Crippen LogP contribution < -0.4 is 0 Å². The van der Waals surface area contributed by atoms with Gasteiger partial charge in [-0.2, -0.15) is 0 Å². The average Bonchev–Trinajstić information content (AvgIpc) is 2.94. The Morgan fingerprint density at radius 3 is 2.26 bits per heavy atom. The highest BCUT2D eigenvalue weighted by Gasteiger charge is 2.40. The SMILES string of the molecule is CCc1cc(CC)cc(CC(=O)N2CCOC(CCOC(=O)c3ccccc3)(c3ccc(Cl)c(Cl)c3)C2)c1. The van der Waals surface area contributed by atoms with E-state index in [0.717, 1.165) is 24.0 Å². The summed E-state index contributed by atoms with van der Waals surface area (Å²) in [6.07, 6.45) is 2.53. The Kier molecular flexibility index (Phi) is 9.48. The lowest BCUT2D eigenvalue weighted by Crippen LogP contribution is -2.52. The number of rotatable bonds is 9. The van der Waals surface area contributed by atoms with Gasteiger partial charge in [-0.3, -0.25) is 4.79 Å². The molecule has 0 radical (unpaired) electrons. The Bertz CT molecular complexity index is 1260. The van der Waals surface area contributed by atoms with Crippen molar-refractivity contribution in [1.29, 1.82) is 0 Å². The lowest BCUT2D eigenvalue weighted by Gasteiger charge is -2.43. The fourth-order valence-corrected chi connectivity index (χ4v) is 5.15. The molecule has 1 atom stereocenters. The van der Waals surface area contributed by atoms with E-state index in [0.29, 0.717) is 48.1 Å². The molecule has 1 saturated heterocycles. The van der Waals surface area contributed by atoms with Crippen molar-refractivity contribution in [1.82, 2.24) is 4.90 Å². The molecule has 3 aromatic carbocycles. The average molecular weight is 555 g/mol. The molecule has 0 bridgehead atoms. The third-order valence-electron chi connectivity index (χ3n) is 7.02. The molecule has 38 heavy (non-hydrogen) atoms. The lowest BCUT2D eigenvalue weighted by atomic mass is 9.88. The van der Waals surface area contributed by atoms with E-state index in [4.69, 9.17) is 32.7 Å². The second-order valence-corrected chi connectivity index (χ2v) is 10.4. The summed E-state index contributed by atoms with van der Waals surface area (Å²) >= 11 is 12.6. The summed E-state index contributed by atoms with van der Waals surface area (Å²) in [5.74, 6) is -0.365. The van der Waals surface area contributed by atoms with Gasteiger partial charge >= 0.3 is 5.97 Å². The Hall–Kier alpha value is -2.86. The van der Waals surface area contributed by atoms with Gasteiger partial charge in [0.2, 0.25) is 5.91 Å². The lowest BCUT2D eigenvalue weighted by molar-refractivity contribution is -0.155. The first-order chi connectivity index (χ1) is 18.3. The van der Waals surface area contributed by atoms with Gasteiger partial charge in [0.05, 0.1) is 41.8 Å². The number of aryl methyl sites for hydroxylation is 2. The van der Waals surface area contributed by atoms with Gasteiger partial charge in [-0.15, -0.1) is 0 Å². The molecule has 0 aliphatic carbocycles. The number of nitrogens with zero attached hydrogens (tertiary/aromatic N) is 1. The molecular weight excluding hydrogens is 521 g/mol. The Labute approximate surface area is 234 Å². The Morgan fingerprint density at radius 1 is 0.921 bits per heavy atom. The van der Waals surface area contributed by atoms with Crippen LogP contribution in [0.2, 0.25) is 10.0 Å². The van der Waals surface area contributed by atoms with Crippen molar-refractivity contribution in [3.05, 3.63) is 105 Å². The van der Waals surface area contributed by atoms with E-state index in [-0.39, 0.29) is 12.5 Å². The summed E-state index contributed by atoms with van der Waals surface area (Å²) in [6.45, 7) is 5.53. The van der Waals surface area contributed by atoms with Crippen molar-refractivity contribution < 1.29 is 19.1 Å². The second kappa shape index (κ2) is 12.8. The molecule has 200 valence electrons. The van der Waals surface area contributed by atoms with Gasteiger partial charge in [0.25, 0.3) is 0 Å². The van der Waals surface area contributed by atoms with Crippen LogP contribution in [0.15, 0.2) is 66.7 Å². The van der Waals surface area contributed by atoms with Crippen molar-refractivity contribution in [3.63, 3.8) is 0 Å². The van der Waals surface area contributed by atoms with E-state index >= 15 is 0 Å². The fraction of sp³-hybridized carbons (Fsp3) is 0.355. The number of hydrogen-bond donors (Lipinski definition) is 0. The molecule has 0 spiro atoms. The van der Waals surface area contributed by atoms with Crippen molar-refractivity contribution in [2.24, 2.45) is 0 Å². The zero-order chi connectivity index (χ0) is 27.1. The summed E-state index contributed by atoms with van der Waals surface area (Å²) in [5, 5.41) is 0.840. The van der Waals surface area contributed by atoms with Crippen LogP contribution in [0.4, 0.5) is 0 Å². The molecular formula is C31H33Cl2NO4. The van der Waals surface area contributed by atoms with Gasteiger partial charge in [0.1, 0.15) is 5.60 Å². The predicted octanol–water partition coefficient (Wildman–Crippen LogP) is 6.66. The highest BCUT2D eigenvalue weighted by Crippen LogP contribution is 2.37. The summed E-state index contributed by atoms with van der Waals surface area (Å²) in [5.41, 5.74) is 3.88. The van der Waals surface area contributed by atoms with Crippen LogP contribution in [0.1, 0.15) is 52.9 Å². The highest BCUT2D eigenvalue weighted by molar-refractivity contribution is 6.42. The van der Waals surface area contributed by atoms with Gasteiger partial charge in [0.15, 0.2) is 0 Å². The number of hydrogen-bond acceptors (Lipinski definition) is 4. The highest BCUT2D eigenvalue weighted by atomic mass is 35.5. The molecule has 1 fully saturated rings. The van der Waals surface area contributed by atoms with E-state index in [1.807, 2.05) is 17.0 Å². The molecule has 3 aromatic rings. The maximum absolute atomic E-state index is 13.5. The Morgan fingerprint density at radius 2 is 1.61 bits per heavy atom. The maximum atomic E-state index is 13.5. The van der Waals surface area contributed by atoms with Gasteiger partial charge in [-0.25, -0.2) is 4.79 Å². The molecule has 1 amide bonds. The van der Waals surface area contributed by atoms with Crippen LogP contribution in [-0.2, 0) is 39.1 Å². The number of benzene rings is 3. The number of esters is 1. The summed E-state index contributed by atoms with van der Waals surface area (Å²) in [4.78, 5) is 27.9. The largest absolute Gasteiger partial charge is 0.462 e. The monoisotopic (exact) mass is 553 g/mol. The molecule has 0 saturated carbocycles. The van der Waals surface area contributed by atoms with Crippen LogP contribution in [0.3, 0.4) is 0 Å². The maximum Gasteiger partial charge on any atom is 0.338 e. The molecule has 1 unspecified atom stereocenters. The van der Waals surface area contributed by atoms with Crippen molar-refractivity contribution >= 4 is 35.1 Å². The Balaban J connectivity index is 1.54. The van der Waals surface area contributed by atoms with Crippen LogP contribution in [0.25, 0.3) is 0 Å². The topological polar surface area (TPSA) is 55.8 Å². The third-order valence-corrected chi connectivity index (χ3v) is 7.76. The van der Waals surface area contributed by atoms with Crippen molar-refractivity contribution in [2.75, 3.05) is 26.3 Å². The minimum atomic E-state index is -0.890. The first-order valence-electron chi connectivity index (χ1n) is 13.0. The van der Waals surface area contributed by atoms with Crippen LogP contribution in [0.5, 0.6) is 0 Å².